The van der Waals surface area contributed by atoms with Crippen molar-refractivity contribution in [3.63, 3.8) is 0 Å². The first-order valence-electron chi connectivity index (χ1n) is 2.49. The number of amides is 1. The average molecular weight is 163 g/mol. The molecule has 0 saturated carbocycles. The Hall–Kier alpha value is -1.73. The average Bonchev–Trinajstić information content (AvgIpc) is 1.85. The van der Waals surface area contributed by atoms with Gasteiger partial charge in [0.05, 0.1) is 0 Å². The molecule has 11 heavy (non-hydrogen) atoms. The SMILES string of the molecule is CNC(=O)C([N+](=O)[O-])[N+](=O)[O-]. The van der Waals surface area contributed by atoms with Gasteiger partial charge in [-0.1, -0.05) is 0 Å². The molecule has 0 aliphatic carbocycles. The zero-order valence-electron chi connectivity index (χ0n) is 5.51. The maximum Gasteiger partial charge on any atom is 0.527 e. The fraction of sp³-hybridized carbons (Fsp3) is 0.667. The van der Waals surface area contributed by atoms with Crippen molar-refractivity contribution in [1.82, 2.24) is 5.32 Å². The molecule has 1 amide bonds. The third kappa shape index (κ3) is 2.16. The molecule has 62 valence electrons. The highest BCUT2D eigenvalue weighted by Crippen LogP contribution is 1.90. The standard InChI is InChI=1S/C3H5N3O5/c1-4-2(7)3(5(8)9)6(10)11/h3H,1H3,(H,4,7). The fourth-order valence-corrected chi connectivity index (χ4v) is 0.398. The van der Waals surface area contributed by atoms with Crippen molar-refractivity contribution < 1.29 is 14.6 Å². The van der Waals surface area contributed by atoms with Crippen LogP contribution in [0.15, 0.2) is 0 Å². The first-order chi connectivity index (χ1) is 5.00. The first kappa shape index (κ1) is 9.27. The van der Waals surface area contributed by atoms with Crippen LogP contribution in [0.5, 0.6) is 0 Å². The summed E-state index contributed by atoms with van der Waals surface area (Å²) in [6.45, 7) is 0. The molecule has 0 spiro atoms. The lowest BCUT2D eigenvalue weighted by molar-refractivity contribution is -0.723. The Kier molecular flexibility index (Phi) is 2.90. The molecule has 0 unspecified atom stereocenters. The van der Waals surface area contributed by atoms with Crippen LogP contribution in [0.2, 0.25) is 0 Å². The van der Waals surface area contributed by atoms with E-state index in [2.05, 4.69) is 0 Å². The maximum atomic E-state index is 10.4. The number of hydrogen-bond acceptors (Lipinski definition) is 5. The summed E-state index contributed by atoms with van der Waals surface area (Å²) in [6, 6.07) is 0. The van der Waals surface area contributed by atoms with Gasteiger partial charge in [-0.2, -0.15) is 0 Å². The highest BCUT2D eigenvalue weighted by atomic mass is 16.7. The van der Waals surface area contributed by atoms with Crippen molar-refractivity contribution in [2.24, 2.45) is 0 Å². The molecule has 0 atom stereocenters. The summed E-state index contributed by atoms with van der Waals surface area (Å²) < 4.78 is 0. The minimum absolute atomic E-state index is 1.09. The van der Waals surface area contributed by atoms with E-state index in [-0.39, 0.29) is 0 Å². The minimum Gasteiger partial charge on any atom is -0.347 e. The van der Waals surface area contributed by atoms with Gasteiger partial charge < -0.3 is 5.32 Å². The van der Waals surface area contributed by atoms with Crippen LogP contribution in [-0.2, 0) is 4.79 Å². The summed E-state index contributed by atoms with van der Waals surface area (Å²) in [4.78, 5) is 27.6. The van der Waals surface area contributed by atoms with Crippen molar-refractivity contribution in [1.29, 1.82) is 0 Å². The molecule has 0 rings (SSSR count). The lowest BCUT2D eigenvalue weighted by atomic mass is 10.5. The van der Waals surface area contributed by atoms with Crippen LogP contribution < -0.4 is 5.32 Å². The van der Waals surface area contributed by atoms with E-state index in [1.807, 2.05) is 0 Å². The van der Waals surface area contributed by atoms with Gasteiger partial charge in [-0.25, -0.2) is 0 Å². The Morgan fingerprint density at radius 1 is 1.36 bits per heavy atom. The van der Waals surface area contributed by atoms with E-state index in [0.29, 0.717) is 0 Å². The Labute approximate surface area is 60.5 Å². The summed E-state index contributed by atoms with van der Waals surface area (Å²) in [5.74, 6) is -1.24. The summed E-state index contributed by atoms with van der Waals surface area (Å²) >= 11 is 0. The molecular weight excluding hydrogens is 158 g/mol. The number of carbonyl (C=O) groups excluding carboxylic acids is 1. The van der Waals surface area contributed by atoms with Gasteiger partial charge in [-0.3, -0.25) is 25.0 Å². The van der Waals surface area contributed by atoms with Crippen LogP contribution in [0, 0.1) is 20.2 Å². The van der Waals surface area contributed by atoms with Crippen molar-refractivity contribution >= 4 is 5.91 Å². The van der Waals surface area contributed by atoms with Crippen LogP contribution in [0.25, 0.3) is 0 Å². The van der Waals surface area contributed by atoms with E-state index >= 15 is 0 Å². The number of nitro groups is 2. The number of hydrogen-bond donors (Lipinski definition) is 1. The molecule has 0 aromatic rings. The molecule has 8 heteroatoms. The van der Waals surface area contributed by atoms with Crippen LogP contribution in [0.3, 0.4) is 0 Å². The smallest absolute Gasteiger partial charge is 0.347 e. The fourth-order valence-electron chi connectivity index (χ4n) is 0.398. The molecule has 0 bridgehead atoms. The zero-order chi connectivity index (χ0) is 9.02. The van der Waals surface area contributed by atoms with E-state index in [4.69, 9.17) is 0 Å². The lowest BCUT2D eigenvalue weighted by Crippen LogP contribution is -2.43. The molecule has 0 fully saturated rings. The van der Waals surface area contributed by atoms with Crippen molar-refractivity contribution in [2.75, 3.05) is 7.05 Å². The largest absolute Gasteiger partial charge is 0.527 e. The topological polar surface area (TPSA) is 115 Å². The van der Waals surface area contributed by atoms with Crippen molar-refractivity contribution in [3.8, 4) is 0 Å². The Balaban J connectivity index is 4.47. The predicted octanol–water partition coefficient (Wildman–Crippen LogP) is -1.39. The highest BCUT2D eigenvalue weighted by Gasteiger charge is 2.40. The molecule has 0 aromatic carbocycles. The van der Waals surface area contributed by atoms with Gasteiger partial charge in [0.2, 0.25) is 0 Å². The molecule has 8 nitrogen and oxygen atoms in total. The summed E-state index contributed by atoms with van der Waals surface area (Å²) in [7, 11) is 1.09. The van der Waals surface area contributed by atoms with E-state index in [1.54, 1.807) is 5.32 Å². The van der Waals surface area contributed by atoms with Gasteiger partial charge in [0.1, 0.15) is 9.85 Å². The monoisotopic (exact) mass is 163 g/mol. The van der Waals surface area contributed by atoms with Crippen LogP contribution in [0.1, 0.15) is 0 Å². The van der Waals surface area contributed by atoms with Crippen LogP contribution >= 0.6 is 0 Å². The predicted molar refractivity (Wildman–Crippen MR) is 31.8 cm³/mol. The number of rotatable bonds is 3. The van der Waals surface area contributed by atoms with Gasteiger partial charge >= 0.3 is 12.1 Å². The molecule has 0 heterocycles. The van der Waals surface area contributed by atoms with Gasteiger partial charge in [0.15, 0.2) is 0 Å². The molecule has 0 aliphatic heterocycles. The third-order valence-electron chi connectivity index (χ3n) is 0.880. The van der Waals surface area contributed by atoms with Gasteiger partial charge in [0, 0.05) is 7.05 Å². The number of likely N-dealkylation sites (N-methyl/N-ethyl adjacent to an activating group) is 1. The highest BCUT2D eigenvalue weighted by molar-refractivity contribution is 5.78. The van der Waals surface area contributed by atoms with Gasteiger partial charge in [-0.05, 0) is 0 Å². The Morgan fingerprint density at radius 3 is 1.82 bits per heavy atom. The molecule has 1 N–H and O–H groups in total. The summed E-state index contributed by atoms with van der Waals surface area (Å²) in [5, 5.41) is 21.5. The van der Waals surface area contributed by atoms with E-state index in [1.165, 1.54) is 0 Å². The minimum atomic E-state index is -2.40. The second kappa shape index (κ2) is 3.44. The second-order valence-electron chi connectivity index (χ2n) is 1.56. The molecule has 0 saturated heterocycles. The number of nitrogens with one attached hydrogen (secondary N) is 1. The van der Waals surface area contributed by atoms with Crippen molar-refractivity contribution in [2.45, 2.75) is 6.17 Å². The Bertz CT molecular complexity index is 187. The molecule has 0 aliphatic rings. The third-order valence-corrected chi connectivity index (χ3v) is 0.880. The van der Waals surface area contributed by atoms with Gasteiger partial charge in [-0.15, -0.1) is 0 Å². The van der Waals surface area contributed by atoms with Crippen LogP contribution in [-0.4, -0.2) is 29.0 Å². The van der Waals surface area contributed by atoms with Crippen LogP contribution in [0.4, 0.5) is 0 Å². The van der Waals surface area contributed by atoms with Gasteiger partial charge in [0.25, 0.3) is 0 Å². The summed E-state index contributed by atoms with van der Waals surface area (Å²) in [5.41, 5.74) is 0. The number of carbonyl (C=O) groups is 1. The second-order valence-corrected chi connectivity index (χ2v) is 1.56. The zero-order valence-corrected chi connectivity index (χ0v) is 5.51. The molecular formula is C3H5N3O5. The molecule has 0 radical (unpaired) electrons. The van der Waals surface area contributed by atoms with E-state index < -0.39 is 21.9 Å². The Morgan fingerprint density at radius 2 is 1.73 bits per heavy atom. The lowest BCUT2D eigenvalue weighted by Gasteiger charge is -1.98. The maximum absolute atomic E-state index is 10.4. The molecule has 0 aromatic heterocycles. The van der Waals surface area contributed by atoms with Crippen molar-refractivity contribution in [3.05, 3.63) is 20.2 Å². The van der Waals surface area contributed by atoms with E-state index in [0.717, 1.165) is 7.05 Å². The quantitative estimate of drug-likeness (QED) is 0.312. The van der Waals surface area contributed by atoms with E-state index in [9.17, 15) is 25.0 Å². The summed E-state index contributed by atoms with van der Waals surface area (Å²) in [6.07, 6.45) is -2.40. The first-order valence-corrected chi connectivity index (χ1v) is 2.49. The normalized spacial score (nSPS) is 9.27. The number of nitrogens with zero attached hydrogens (tertiary/aromatic N) is 2.